The number of aromatic nitrogens is 2. The van der Waals surface area contributed by atoms with Crippen LogP contribution in [0, 0.1) is 0 Å². The van der Waals surface area contributed by atoms with Crippen molar-refractivity contribution >= 4 is 23.2 Å². The minimum absolute atomic E-state index is 0.000348. The van der Waals surface area contributed by atoms with Crippen LogP contribution in [0.4, 0.5) is 17.3 Å². The van der Waals surface area contributed by atoms with Gasteiger partial charge in [-0.1, -0.05) is 31.5 Å². The van der Waals surface area contributed by atoms with E-state index in [1.165, 1.54) is 5.69 Å². The highest BCUT2D eigenvalue weighted by atomic mass is 16.1. The number of anilines is 3. The first kappa shape index (κ1) is 17.2. The zero-order valence-electron chi connectivity index (χ0n) is 14.7. The summed E-state index contributed by atoms with van der Waals surface area (Å²) in [5.41, 5.74) is 1.26. The van der Waals surface area contributed by atoms with E-state index in [4.69, 9.17) is 0 Å². The molecule has 0 atom stereocenters. The van der Waals surface area contributed by atoms with Crippen LogP contribution < -0.4 is 15.1 Å². The van der Waals surface area contributed by atoms with Gasteiger partial charge in [0, 0.05) is 38.3 Å². The molecule has 0 bridgehead atoms. The predicted octanol–water partition coefficient (Wildman–Crippen LogP) is 2.93. The second-order valence-corrected chi connectivity index (χ2v) is 6.24. The third-order valence-corrected chi connectivity index (χ3v) is 4.40. The van der Waals surface area contributed by atoms with Gasteiger partial charge < -0.3 is 15.1 Å². The SMILES string of the molecule is CCCCC(=O)Nc1ccc(N2CCN(c3ccccc3)CC2)nn1. The largest absolute Gasteiger partial charge is 0.368 e. The number of nitrogens with one attached hydrogen (secondary N) is 1. The van der Waals surface area contributed by atoms with Gasteiger partial charge in [0.1, 0.15) is 0 Å². The first-order valence-corrected chi connectivity index (χ1v) is 8.95. The van der Waals surface area contributed by atoms with Gasteiger partial charge in [-0.05, 0) is 30.7 Å². The average Bonchev–Trinajstić information content (AvgIpc) is 2.68. The molecule has 25 heavy (non-hydrogen) atoms. The van der Waals surface area contributed by atoms with Crippen LogP contribution in [-0.4, -0.2) is 42.3 Å². The minimum atomic E-state index is 0.000348. The van der Waals surface area contributed by atoms with Crippen LogP contribution >= 0.6 is 0 Å². The topological polar surface area (TPSA) is 61.4 Å². The van der Waals surface area contributed by atoms with Gasteiger partial charge in [-0.25, -0.2) is 0 Å². The highest BCUT2D eigenvalue weighted by molar-refractivity contribution is 5.89. The van der Waals surface area contributed by atoms with Crippen molar-refractivity contribution in [3.05, 3.63) is 42.5 Å². The summed E-state index contributed by atoms with van der Waals surface area (Å²) in [5.74, 6) is 1.38. The number of para-hydroxylation sites is 1. The van der Waals surface area contributed by atoms with Crippen LogP contribution in [0.1, 0.15) is 26.2 Å². The number of piperazine rings is 1. The molecule has 1 aliphatic heterocycles. The molecule has 1 saturated heterocycles. The van der Waals surface area contributed by atoms with Crippen LogP contribution in [0.15, 0.2) is 42.5 Å². The number of rotatable bonds is 6. The summed E-state index contributed by atoms with van der Waals surface area (Å²) in [7, 11) is 0. The van der Waals surface area contributed by atoms with Gasteiger partial charge in [-0.2, -0.15) is 0 Å². The zero-order valence-corrected chi connectivity index (χ0v) is 14.7. The van der Waals surface area contributed by atoms with Crippen LogP contribution in [0.5, 0.6) is 0 Å². The fourth-order valence-electron chi connectivity index (χ4n) is 2.94. The molecule has 1 fully saturated rings. The number of amides is 1. The Balaban J connectivity index is 1.52. The Labute approximate surface area is 148 Å². The molecule has 2 heterocycles. The van der Waals surface area contributed by atoms with Gasteiger partial charge in [0.2, 0.25) is 5.91 Å². The molecule has 0 unspecified atom stereocenters. The Morgan fingerprint density at radius 2 is 1.72 bits per heavy atom. The molecule has 1 N–H and O–H groups in total. The van der Waals surface area contributed by atoms with Crippen LogP contribution in [0.3, 0.4) is 0 Å². The van der Waals surface area contributed by atoms with Crippen LogP contribution in [0.25, 0.3) is 0 Å². The summed E-state index contributed by atoms with van der Waals surface area (Å²) >= 11 is 0. The lowest BCUT2D eigenvalue weighted by Crippen LogP contribution is -2.46. The van der Waals surface area contributed by atoms with E-state index < -0.39 is 0 Å². The molecule has 1 amide bonds. The molecule has 0 spiro atoms. The predicted molar refractivity (Wildman–Crippen MR) is 101 cm³/mol. The first-order valence-electron chi connectivity index (χ1n) is 8.95. The van der Waals surface area contributed by atoms with Crippen molar-refractivity contribution < 1.29 is 4.79 Å². The Kier molecular flexibility index (Phi) is 5.82. The van der Waals surface area contributed by atoms with E-state index in [-0.39, 0.29) is 5.91 Å². The van der Waals surface area contributed by atoms with Gasteiger partial charge in [-0.15, -0.1) is 10.2 Å². The van der Waals surface area contributed by atoms with Gasteiger partial charge >= 0.3 is 0 Å². The Bertz CT molecular complexity index is 666. The minimum Gasteiger partial charge on any atom is -0.368 e. The zero-order chi connectivity index (χ0) is 17.5. The Morgan fingerprint density at radius 1 is 1.00 bits per heavy atom. The fraction of sp³-hybridized carbons (Fsp3) is 0.421. The van der Waals surface area contributed by atoms with E-state index in [1.807, 2.05) is 18.2 Å². The highest BCUT2D eigenvalue weighted by Crippen LogP contribution is 2.19. The molecule has 0 aliphatic carbocycles. The van der Waals surface area contributed by atoms with E-state index in [1.54, 1.807) is 0 Å². The summed E-state index contributed by atoms with van der Waals surface area (Å²) in [6.45, 7) is 5.80. The maximum atomic E-state index is 11.7. The molecule has 2 aromatic rings. The van der Waals surface area contributed by atoms with Gasteiger partial charge in [-0.3, -0.25) is 4.79 Å². The van der Waals surface area contributed by atoms with Gasteiger partial charge in [0.25, 0.3) is 0 Å². The molecule has 1 aromatic heterocycles. The lowest BCUT2D eigenvalue weighted by Gasteiger charge is -2.36. The molecular weight excluding hydrogens is 314 g/mol. The van der Waals surface area contributed by atoms with Crippen molar-refractivity contribution in [2.24, 2.45) is 0 Å². The monoisotopic (exact) mass is 339 g/mol. The number of benzene rings is 1. The highest BCUT2D eigenvalue weighted by Gasteiger charge is 2.18. The quantitative estimate of drug-likeness (QED) is 0.877. The third kappa shape index (κ3) is 4.68. The molecule has 1 aromatic carbocycles. The van der Waals surface area contributed by atoms with Crippen molar-refractivity contribution in [1.82, 2.24) is 10.2 Å². The fourth-order valence-corrected chi connectivity index (χ4v) is 2.94. The van der Waals surface area contributed by atoms with Crippen molar-refractivity contribution in [1.29, 1.82) is 0 Å². The third-order valence-electron chi connectivity index (χ3n) is 4.40. The van der Waals surface area contributed by atoms with Crippen LogP contribution in [-0.2, 0) is 4.79 Å². The maximum absolute atomic E-state index is 11.7. The summed E-state index contributed by atoms with van der Waals surface area (Å²) in [5, 5.41) is 11.2. The summed E-state index contributed by atoms with van der Waals surface area (Å²) in [6.07, 6.45) is 2.43. The average molecular weight is 339 g/mol. The van der Waals surface area contributed by atoms with Crippen molar-refractivity contribution in [3.8, 4) is 0 Å². The molecule has 1 aliphatic rings. The summed E-state index contributed by atoms with van der Waals surface area (Å²) in [4.78, 5) is 16.3. The van der Waals surface area contributed by atoms with Crippen molar-refractivity contribution in [3.63, 3.8) is 0 Å². The van der Waals surface area contributed by atoms with Gasteiger partial charge in [0.05, 0.1) is 0 Å². The number of carbonyl (C=O) groups excluding carboxylic acids is 1. The van der Waals surface area contributed by atoms with Crippen molar-refractivity contribution in [2.45, 2.75) is 26.2 Å². The normalized spacial score (nSPS) is 14.4. The Morgan fingerprint density at radius 3 is 2.36 bits per heavy atom. The molecule has 0 radical (unpaired) electrons. The second-order valence-electron chi connectivity index (χ2n) is 6.24. The van der Waals surface area contributed by atoms with Crippen molar-refractivity contribution in [2.75, 3.05) is 41.3 Å². The molecule has 6 nitrogen and oxygen atoms in total. The van der Waals surface area contributed by atoms with Crippen LogP contribution in [0.2, 0.25) is 0 Å². The number of nitrogens with zero attached hydrogens (tertiary/aromatic N) is 4. The standard InChI is InChI=1S/C19H25N5O/c1-2-3-9-19(25)20-17-10-11-18(22-21-17)24-14-12-23(13-15-24)16-7-5-4-6-8-16/h4-8,10-11H,2-3,9,12-15H2,1H3,(H,20,21,25). The molecule has 6 heteroatoms. The van der Waals surface area contributed by atoms with E-state index in [0.717, 1.165) is 44.8 Å². The van der Waals surface area contributed by atoms with E-state index in [9.17, 15) is 4.79 Å². The first-order chi connectivity index (χ1) is 12.3. The summed E-state index contributed by atoms with van der Waals surface area (Å²) < 4.78 is 0. The lowest BCUT2D eigenvalue weighted by atomic mass is 10.2. The lowest BCUT2D eigenvalue weighted by molar-refractivity contribution is -0.116. The Hall–Kier alpha value is -2.63. The molecule has 3 rings (SSSR count). The number of hydrogen-bond donors (Lipinski definition) is 1. The van der Waals surface area contributed by atoms with E-state index in [0.29, 0.717) is 12.2 Å². The maximum Gasteiger partial charge on any atom is 0.225 e. The molecule has 132 valence electrons. The molecular formula is C19H25N5O. The van der Waals surface area contributed by atoms with E-state index >= 15 is 0 Å². The molecule has 0 saturated carbocycles. The number of unbranched alkanes of at least 4 members (excludes halogenated alkanes) is 1. The number of hydrogen-bond acceptors (Lipinski definition) is 5. The van der Waals surface area contributed by atoms with Gasteiger partial charge in [0.15, 0.2) is 11.6 Å². The second kappa shape index (κ2) is 8.46. The smallest absolute Gasteiger partial charge is 0.225 e. The number of carbonyl (C=O) groups is 1. The van der Waals surface area contributed by atoms with E-state index in [2.05, 4.69) is 56.5 Å². The summed E-state index contributed by atoms with van der Waals surface area (Å²) in [6, 6.07) is 14.2.